The van der Waals surface area contributed by atoms with E-state index in [1.165, 1.54) is 4.90 Å². The maximum Gasteiger partial charge on any atom is 0.340 e. The molecule has 1 aromatic heterocycles. The molecule has 0 radical (unpaired) electrons. The van der Waals surface area contributed by atoms with Crippen molar-refractivity contribution in [2.75, 3.05) is 11.9 Å². The Morgan fingerprint density at radius 1 is 1.53 bits per heavy atom. The van der Waals surface area contributed by atoms with E-state index in [2.05, 4.69) is 4.37 Å². The highest BCUT2D eigenvalue weighted by molar-refractivity contribution is 7.11. The van der Waals surface area contributed by atoms with E-state index in [0.29, 0.717) is 23.5 Å². The Balaban J connectivity index is 2.74. The Morgan fingerprint density at radius 2 is 2.16 bits per heavy atom. The number of nitrogens with zero attached hydrogens (tertiary/aromatic N) is 2. The number of hydrogen-bond acceptors (Lipinski definition) is 5. The van der Waals surface area contributed by atoms with Crippen LogP contribution in [-0.2, 0) is 4.79 Å². The second-order valence-electron chi connectivity index (χ2n) is 4.58. The summed E-state index contributed by atoms with van der Waals surface area (Å²) in [4.78, 5) is 24.5. The minimum absolute atomic E-state index is 0.0679. The fourth-order valence-corrected chi connectivity index (χ4v) is 2.55. The lowest BCUT2D eigenvalue weighted by molar-refractivity contribution is -0.118. The Kier molecular flexibility index (Phi) is 5.44. The Morgan fingerprint density at radius 3 is 2.68 bits per heavy atom. The van der Waals surface area contributed by atoms with Gasteiger partial charge < -0.3 is 15.7 Å². The number of aromatic nitrogens is 1. The molecule has 0 bridgehead atoms. The van der Waals surface area contributed by atoms with E-state index in [4.69, 9.17) is 10.8 Å². The summed E-state index contributed by atoms with van der Waals surface area (Å²) < 4.78 is 4.00. The van der Waals surface area contributed by atoms with Gasteiger partial charge in [0.05, 0.1) is 5.69 Å². The fourth-order valence-electron chi connectivity index (χ4n) is 1.69. The summed E-state index contributed by atoms with van der Waals surface area (Å²) in [5.74, 6) is -1.18. The monoisotopic (exact) mass is 285 g/mol. The van der Waals surface area contributed by atoms with Gasteiger partial charge in [-0.05, 0) is 38.2 Å². The first kappa shape index (κ1) is 15.6. The molecule has 0 fully saturated rings. The third kappa shape index (κ3) is 4.00. The molecule has 0 aromatic carbocycles. The van der Waals surface area contributed by atoms with Crippen LogP contribution in [0.25, 0.3) is 0 Å². The van der Waals surface area contributed by atoms with Gasteiger partial charge in [0, 0.05) is 19.5 Å². The van der Waals surface area contributed by atoms with Gasteiger partial charge in [-0.1, -0.05) is 0 Å². The van der Waals surface area contributed by atoms with E-state index in [9.17, 15) is 9.59 Å². The molecule has 7 heteroatoms. The van der Waals surface area contributed by atoms with Crippen LogP contribution < -0.4 is 10.6 Å². The van der Waals surface area contributed by atoms with E-state index in [0.717, 1.165) is 18.0 Å². The van der Waals surface area contributed by atoms with Crippen LogP contribution in [0.5, 0.6) is 0 Å². The summed E-state index contributed by atoms with van der Waals surface area (Å²) in [6.45, 7) is 3.52. The Hall–Kier alpha value is -1.47. The van der Waals surface area contributed by atoms with Crippen LogP contribution in [-0.4, -0.2) is 34.4 Å². The van der Waals surface area contributed by atoms with Crippen molar-refractivity contribution in [1.82, 2.24) is 4.37 Å². The van der Waals surface area contributed by atoms with Crippen molar-refractivity contribution in [2.45, 2.75) is 39.2 Å². The summed E-state index contributed by atoms with van der Waals surface area (Å²) in [5, 5.41) is 9.51. The largest absolute Gasteiger partial charge is 0.478 e. The van der Waals surface area contributed by atoms with Gasteiger partial charge in [-0.3, -0.25) is 4.79 Å². The van der Waals surface area contributed by atoms with E-state index >= 15 is 0 Å². The van der Waals surface area contributed by atoms with Crippen molar-refractivity contribution < 1.29 is 14.7 Å². The van der Waals surface area contributed by atoms with Crippen LogP contribution in [0.4, 0.5) is 5.00 Å². The number of carboxylic acids is 1. The summed E-state index contributed by atoms with van der Waals surface area (Å²) >= 11 is 1.03. The van der Waals surface area contributed by atoms with Crippen LogP contribution in [0.15, 0.2) is 0 Å². The normalized spacial score (nSPS) is 12.2. The molecule has 106 valence electrons. The van der Waals surface area contributed by atoms with Gasteiger partial charge in [-0.2, -0.15) is 4.37 Å². The van der Waals surface area contributed by atoms with Gasteiger partial charge in [0.2, 0.25) is 5.91 Å². The highest BCUT2D eigenvalue weighted by atomic mass is 32.1. The molecular weight excluding hydrogens is 266 g/mol. The van der Waals surface area contributed by atoms with Crippen LogP contribution >= 0.6 is 11.5 Å². The average Bonchev–Trinajstić information content (AvgIpc) is 2.69. The van der Waals surface area contributed by atoms with E-state index in [-0.39, 0.29) is 17.5 Å². The van der Waals surface area contributed by atoms with E-state index < -0.39 is 5.97 Å². The fraction of sp³-hybridized carbons (Fsp3) is 0.583. The molecule has 1 aromatic rings. The lowest BCUT2D eigenvalue weighted by Crippen LogP contribution is -2.27. The number of aromatic carboxylic acids is 1. The molecule has 0 aliphatic carbocycles. The molecule has 1 amide bonds. The molecule has 1 atom stereocenters. The molecule has 1 rings (SSSR count). The van der Waals surface area contributed by atoms with Gasteiger partial charge in [-0.15, -0.1) is 0 Å². The topological polar surface area (TPSA) is 96.5 Å². The zero-order valence-corrected chi connectivity index (χ0v) is 12.2. The van der Waals surface area contributed by atoms with Crippen LogP contribution in [0.1, 0.15) is 42.2 Å². The number of carboxylic acid groups (broad SMARTS) is 1. The first-order chi connectivity index (χ1) is 8.84. The number of carbonyl (C=O) groups is 2. The quantitative estimate of drug-likeness (QED) is 0.828. The standard InChI is InChI=1S/C12H19N3O3S/c1-7(13)5-4-6-9(16)15(3)11-10(12(17)18)8(2)14-19-11/h7H,4-6,13H2,1-3H3,(H,17,18). The minimum atomic E-state index is -1.06. The first-order valence-electron chi connectivity index (χ1n) is 6.06. The van der Waals surface area contributed by atoms with Crippen LogP contribution in [0.2, 0.25) is 0 Å². The molecule has 0 aliphatic heterocycles. The highest BCUT2D eigenvalue weighted by Crippen LogP contribution is 2.28. The second-order valence-corrected chi connectivity index (χ2v) is 5.33. The van der Waals surface area contributed by atoms with Crippen LogP contribution in [0, 0.1) is 6.92 Å². The number of rotatable bonds is 6. The average molecular weight is 285 g/mol. The highest BCUT2D eigenvalue weighted by Gasteiger charge is 2.23. The zero-order valence-electron chi connectivity index (χ0n) is 11.3. The van der Waals surface area contributed by atoms with Crippen molar-refractivity contribution in [2.24, 2.45) is 5.73 Å². The van der Waals surface area contributed by atoms with Gasteiger partial charge in [0.1, 0.15) is 10.6 Å². The van der Waals surface area contributed by atoms with Crippen molar-refractivity contribution in [3.63, 3.8) is 0 Å². The molecule has 0 saturated heterocycles. The second kappa shape index (κ2) is 6.63. The maximum atomic E-state index is 12.0. The smallest absolute Gasteiger partial charge is 0.340 e. The van der Waals surface area contributed by atoms with Gasteiger partial charge >= 0.3 is 5.97 Å². The lowest BCUT2D eigenvalue weighted by atomic mass is 10.1. The molecule has 0 saturated carbocycles. The molecule has 1 heterocycles. The van der Waals surface area contributed by atoms with Gasteiger partial charge in [-0.25, -0.2) is 4.79 Å². The number of hydrogen-bond donors (Lipinski definition) is 2. The summed E-state index contributed by atoms with van der Waals surface area (Å²) in [5.41, 5.74) is 6.16. The van der Waals surface area contributed by atoms with E-state index in [1.54, 1.807) is 14.0 Å². The number of amides is 1. The van der Waals surface area contributed by atoms with Crippen molar-refractivity contribution in [3.8, 4) is 0 Å². The van der Waals surface area contributed by atoms with Crippen molar-refractivity contribution in [3.05, 3.63) is 11.3 Å². The third-order valence-corrected chi connectivity index (χ3v) is 3.80. The molecule has 3 N–H and O–H groups in total. The molecule has 1 unspecified atom stereocenters. The molecule has 0 spiro atoms. The molecule has 19 heavy (non-hydrogen) atoms. The predicted octanol–water partition coefficient (Wildman–Crippen LogP) is 1.63. The molecule has 0 aliphatic rings. The maximum absolute atomic E-state index is 12.0. The van der Waals surface area contributed by atoms with Crippen LogP contribution in [0.3, 0.4) is 0 Å². The number of aryl methyl sites for hydroxylation is 1. The van der Waals surface area contributed by atoms with E-state index in [1.807, 2.05) is 6.92 Å². The number of carbonyl (C=O) groups excluding carboxylic acids is 1. The molecule has 6 nitrogen and oxygen atoms in total. The van der Waals surface area contributed by atoms with Crippen molar-refractivity contribution in [1.29, 1.82) is 0 Å². The third-order valence-electron chi connectivity index (χ3n) is 2.79. The number of anilines is 1. The SMILES string of the molecule is Cc1nsc(N(C)C(=O)CCCC(C)N)c1C(=O)O. The predicted molar refractivity (Wildman–Crippen MR) is 74.7 cm³/mol. The van der Waals surface area contributed by atoms with Gasteiger partial charge in [0.25, 0.3) is 0 Å². The first-order valence-corrected chi connectivity index (χ1v) is 6.83. The lowest BCUT2D eigenvalue weighted by Gasteiger charge is -2.16. The molecular formula is C12H19N3O3S. The zero-order chi connectivity index (χ0) is 14.6. The Labute approximate surface area is 116 Å². The summed E-state index contributed by atoms with van der Waals surface area (Å²) in [6, 6.07) is 0.0679. The minimum Gasteiger partial charge on any atom is -0.478 e. The Bertz CT molecular complexity index is 471. The van der Waals surface area contributed by atoms with Crippen molar-refractivity contribution >= 4 is 28.4 Å². The van der Waals surface area contributed by atoms with Gasteiger partial charge in [0.15, 0.2) is 0 Å². The summed E-state index contributed by atoms with van der Waals surface area (Å²) in [7, 11) is 1.58. The summed E-state index contributed by atoms with van der Waals surface area (Å²) in [6.07, 6.45) is 1.82. The number of nitrogens with two attached hydrogens (primary N) is 1.